The van der Waals surface area contributed by atoms with Gasteiger partial charge in [0.2, 0.25) is 0 Å². The van der Waals surface area contributed by atoms with Gasteiger partial charge in [0.1, 0.15) is 0 Å². The zero-order valence-corrected chi connectivity index (χ0v) is 11.1. The number of hydrogen-bond donors (Lipinski definition) is 0. The van der Waals surface area contributed by atoms with Gasteiger partial charge in [-0.3, -0.25) is 0 Å². The van der Waals surface area contributed by atoms with Gasteiger partial charge in [-0.15, -0.1) is 0 Å². The van der Waals surface area contributed by atoms with E-state index in [-0.39, 0.29) is 1.43 Å². The van der Waals surface area contributed by atoms with Gasteiger partial charge in [-0.1, -0.05) is 0 Å². The molecule has 0 heterocycles. The zero-order valence-electron chi connectivity index (χ0n) is 9.56. The van der Waals surface area contributed by atoms with Gasteiger partial charge in [0, 0.05) is 20.8 Å². The quantitative estimate of drug-likeness (QED) is 0.487. The Morgan fingerprint density at radius 2 is 0.688 bits per heavy atom. The maximum absolute atomic E-state index is 11.2. The van der Waals surface area contributed by atoms with Crippen molar-refractivity contribution in [1.29, 1.82) is 15.8 Å². The number of nitriles is 3. The molecule has 96 valence electrons. The second-order valence-corrected chi connectivity index (χ2v) is 7.10. The van der Waals surface area contributed by atoms with Crippen LogP contribution in [0.25, 0.3) is 0 Å². The van der Waals surface area contributed by atoms with E-state index in [1.165, 1.54) is 20.8 Å². The normalized spacial score (nSPS) is 11.6. The Kier molecular flexibility index (Phi) is 12.2. The molecule has 16 heavy (non-hydrogen) atoms. The van der Waals surface area contributed by atoms with E-state index >= 15 is 0 Å². The Labute approximate surface area is 92.9 Å². The molecule has 0 saturated carbocycles. The van der Waals surface area contributed by atoms with Crippen LogP contribution in [-0.4, -0.2) is 19.5 Å². The number of rotatable bonds is 0. The monoisotopic (exact) mass is 359 g/mol. The largest absolute Gasteiger partial charge is 1.00 e. The average molecular weight is 360 g/mol. The Balaban J connectivity index is -0.0000000411. The summed E-state index contributed by atoms with van der Waals surface area (Å²) in [6.07, 6.45) is 0. The van der Waals surface area contributed by atoms with Crippen molar-refractivity contribution in [2.24, 2.45) is 0 Å². The van der Waals surface area contributed by atoms with Gasteiger partial charge in [0.25, 0.3) is 0 Å². The van der Waals surface area contributed by atoms with Crippen LogP contribution in [0.5, 0.6) is 0 Å². The first kappa shape index (κ1) is 24.2. The predicted molar refractivity (Wildman–Crippen MR) is 47.4 cm³/mol. The summed E-state index contributed by atoms with van der Waals surface area (Å²) in [6.45, 7) is 4.29. The fraction of sp³-hybridized carbons (Fsp3) is 0.500. The summed E-state index contributed by atoms with van der Waals surface area (Å²) in [5, 5.41) is 22.0. The second-order valence-electron chi connectivity index (χ2n) is 1.63. The van der Waals surface area contributed by atoms with Gasteiger partial charge in [-0.2, -0.15) is 15.8 Å². The van der Waals surface area contributed by atoms with Gasteiger partial charge in [0.05, 0.1) is 18.2 Å². The molecule has 0 aromatic rings. The van der Waals surface area contributed by atoms with Crippen LogP contribution in [0.1, 0.15) is 22.2 Å². The molecule has 0 spiro atoms. The SMILES string of the molecule is CC#N.CC#N.CC#N.[F][Sb-]([F])([F])([F])([F])[F].[H+]. The molecule has 0 radical (unpaired) electrons. The maximum atomic E-state index is 9.93. The van der Waals surface area contributed by atoms with Gasteiger partial charge in [0.15, 0.2) is 0 Å². The Bertz CT molecular complexity index is 251. The van der Waals surface area contributed by atoms with Crippen molar-refractivity contribution in [3.05, 3.63) is 0 Å². The van der Waals surface area contributed by atoms with Crippen LogP contribution in [0.15, 0.2) is 0 Å². The maximum Gasteiger partial charge on any atom is 1.00 e. The van der Waals surface area contributed by atoms with E-state index in [0.29, 0.717) is 0 Å². The van der Waals surface area contributed by atoms with Crippen LogP contribution in [-0.2, 0) is 0 Å². The fourth-order valence-electron chi connectivity index (χ4n) is 0. The average Bonchev–Trinajstić information content (AvgIpc) is 1.82. The topological polar surface area (TPSA) is 71.4 Å². The predicted octanol–water partition coefficient (Wildman–Crippen LogP) is 3.84. The van der Waals surface area contributed by atoms with Crippen molar-refractivity contribution < 1.29 is 18.3 Å². The molecular formula is C6H10F6N3Sb. The van der Waals surface area contributed by atoms with Crippen LogP contribution in [0, 0.1) is 34.0 Å². The van der Waals surface area contributed by atoms with Crippen molar-refractivity contribution in [2.75, 3.05) is 0 Å². The first-order valence-electron chi connectivity index (χ1n) is 3.19. The fourth-order valence-corrected chi connectivity index (χ4v) is 0. The first-order chi connectivity index (χ1) is 6.69. The second kappa shape index (κ2) is 8.07. The van der Waals surface area contributed by atoms with Gasteiger partial charge in [-0.05, 0) is 0 Å². The third-order valence-electron chi connectivity index (χ3n) is 0. The molecule has 0 aromatic carbocycles. The molecule has 0 fully saturated rings. The third-order valence-corrected chi connectivity index (χ3v) is 0. The molecular weight excluding hydrogens is 350 g/mol. The molecule has 0 bridgehead atoms. The molecule has 0 aliphatic rings. The summed E-state index contributed by atoms with van der Waals surface area (Å²) in [5.74, 6) is 0. The van der Waals surface area contributed by atoms with Crippen LogP contribution >= 0.6 is 0 Å². The number of nitrogens with zero attached hydrogens (tertiary/aromatic N) is 3. The van der Waals surface area contributed by atoms with Crippen molar-refractivity contribution in [3.63, 3.8) is 0 Å². The number of hydrogen-bond acceptors (Lipinski definition) is 3. The minimum atomic E-state index is -11.2. The number of halogens is 6. The summed E-state index contributed by atoms with van der Waals surface area (Å²) in [7, 11) is 0. The van der Waals surface area contributed by atoms with Crippen molar-refractivity contribution in [3.8, 4) is 18.2 Å². The molecule has 0 amide bonds. The Hall–Kier alpha value is -1.13. The smallest absolute Gasteiger partial charge is 1.00 e. The third kappa shape index (κ3) is 1410. The van der Waals surface area contributed by atoms with Crippen LogP contribution < -0.4 is 0 Å². The molecule has 0 N–H and O–H groups in total. The van der Waals surface area contributed by atoms with E-state index in [9.17, 15) is 16.9 Å². The molecule has 0 saturated heterocycles. The van der Waals surface area contributed by atoms with E-state index in [1.807, 2.05) is 0 Å². The molecule has 10 heteroatoms. The summed E-state index contributed by atoms with van der Waals surface area (Å²) in [4.78, 5) is 0. The summed E-state index contributed by atoms with van der Waals surface area (Å²) < 4.78 is 59.6. The van der Waals surface area contributed by atoms with Gasteiger partial charge >= 0.3 is 37.8 Å². The minimum absolute atomic E-state index is 0. The molecule has 0 rings (SSSR count). The van der Waals surface area contributed by atoms with E-state index in [2.05, 4.69) is 0 Å². The molecule has 3 nitrogen and oxygen atoms in total. The van der Waals surface area contributed by atoms with E-state index in [1.54, 1.807) is 18.2 Å². The van der Waals surface area contributed by atoms with Crippen molar-refractivity contribution in [1.82, 2.24) is 0 Å². The van der Waals surface area contributed by atoms with Gasteiger partial charge in [-0.25, -0.2) is 0 Å². The Morgan fingerprint density at radius 1 is 0.688 bits per heavy atom. The summed E-state index contributed by atoms with van der Waals surface area (Å²) >= 11 is -11.2. The van der Waals surface area contributed by atoms with Crippen molar-refractivity contribution in [2.45, 2.75) is 20.8 Å². The Morgan fingerprint density at radius 3 is 0.688 bits per heavy atom. The minimum Gasteiger partial charge on any atom is 1.00 e. The molecule has 0 aromatic heterocycles. The molecule has 0 aliphatic heterocycles. The van der Waals surface area contributed by atoms with Crippen molar-refractivity contribution >= 4 is 19.5 Å². The van der Waals surface area contributed by atoms with Crippen LogP contribution in [0.2, 0.25) is 0 Å². The van der Waals surface area contributed by atoms with Crippen LogP contribution in [0.3, 0.4) is 0 Å². The molecule has 0 aliphatic carbocycles. The zero-order chi connectivity index (χ0) is 14.5. The van der Waals surface area contributed by atoms with Crippen LogP contribution in [0.4, 0.5) is 16.9 Å². The first-order valence-corrected chi connectivity index (χ1v) is 8.97. The summed E-state index contributed by atoms with van der Waals surface area (Å²) in [5.41, 5.74) is 0. The standard InChI is InChI=1S/3C2H3N.6FH.Sb/c3*1-2-3;;;;;;;/h3*1H3;6*1H;/q;;;;;;;;;+5/p-5. The van der Waals surface area contributed by atoms with E-state index in [4.69, 9.17) is 15.8 Å². The van der Waals surface area contributed by atoms with Gasteiger partial charge < -0.3 is 0 Å². The summed E-state index contributed by atoms with van der Waals surface area (Å²) in [6, 6.07) is 5.25. The van der Waals surface area contributed by atoms with E-state index < -0.39 is 19.5 Å². The van der Waals surface area contributed by atoms with E-state index in [0.717, 1.165) is 0 Å². The molecule has 0 unspecified atom stereocenters. The molecule has 0 atom stereocenters.